The number of carbonyl (C=O) groups excluding carboxylic acids is 1. The summed E-state index contributed by atoms with van der Waals surface area (Å²) < 4.78 is 14.0. The Morgan fingerprint density at radius 2 is 2.04 bits per heavy atom. The molecule has 1 aliphatic rings. The Kier molecular flexibility index (Phi) is 4.38. The number of hydrogen-bond donors (Lipinski definition) is 3. The van der Waals surface area contributed by atoms with Crippen LogP contribution < -0.4 is 5.32 Å². The van der Waals surface area contributed by atoms with Crippen molar-refractivity contribution in [2.24, 2.45) is 0 Å². The number of rotatable bonds is 3. The predicted molar refractivity (Wildman–Crippen MR) is 95.0 cm³/mol. The Labute approximate surface area is 149 Å². The maximum atomic E-state index is 14.0. The Hall–Kier alpha value is -2.80. The first kappa shape index (κ1) is 16.7. The SMILES string of the molecule is O=C(N[C@H]1CC[C@H](O)CC1)c1n[nH]c2ccc(-c3cccnc3F)cc12. The van der Waals surface area contributed by atoms with Gasteiger partial charge in [0.25, 0.3) is 5.91 Å². The van der Waals surface area contributed by atoms with Crippen LogP contribution in [0.25, 0.3) is 22.0 Å². The largest absolute Gasteiger partial charge is 0.393 e. The minimum absolute atomic E-state index is 0.0385. The number of halogens is 1. The molecule has 0 unspecified atom stereocenters. The van der Waals surface area contributed by atoms with Gasteiger partial charge in [-0.05, 0) is 55.5 Å². The van der Waals surface area contributed by atoms with E-state index in [1.54, 1.807) is 30.3 Å². The molecule has 0 bridgehead atoms. The van der Waals surface area contributed by atoms with Gasteiger partial charge in [-0.2, -0.15) is 9.49 Å². The van der Waals surface area contributed by atoms with Gasteiger partial charge in [-0.15, -0.1) is 0 Å². The fraction of sp³-hybridized carbons (Fsp3) is 0.316. The quantitative estimate of drug-likeness (QED) is 0.631. The summed E-state index contributed by atoms with van der Waals surface area (Å²) in [6.45, 7) is 0. The second-order valence-electron chi connectivity index (χ2n) is 6.65. The number of aromatic amines is 1. The average Bonchev–Trinajstić information content (AvgIpc) is 3.07. The molecule has 6 nitrogen and oxygen atoms in total. The molecule has 3 N–H and O–H groups in total. The van der Waals surface area contributed by atoms with Gasteiger partial charge in [-0.25, -0.2) is 4.98 Å². The molecule has 0 atom stereocenters. The number of aliphatic hydroxyl groups is 1. The average molecular weight is 354 g/mol. The van der Waals surface area contributed by atoms with E-state index in [1.165, 1.54) is 6.20 Å². The van der Waals surface area contributed by atoms with Crippen LogP contribution in [0.1, 0.15) is 36.2 Å². The number of aliphatic hydroxyl groups excluding tert-OH is 1. The lowest BCUT2D eigenvalue weighted by atomic mass is 9.93. The lowest BCUT2D eigenvalue weighted by Crippen LogP contribution is -2.38. The zero-order valence-electron chi connectivity index (χ0n) is 14.1. The second-order valence-corrected chi connectivity index (χ2v) is 6.65. The lowest BCUT2D eigenvalue weighted by Gasteiger charge is -2.25. The van der Waals surface area contributed by atoms with Gasteiger partial charge in [0.2, 0.25) is 5.95 Å². The molecule has 1 aromatic carbocycles. The van der Waals surface area contributed by atoms with Crippen molar-refractivity contribution in [2.75, 3.05) is 0 Å². The third-order valence-corrected chi connectivity index (χ3v) is 4.88. The second kappa shape index (κ2) is 6.84. The van der Waals surface area contributed by atoms with Crippen molar-refractivity contribution in [3.63, 3.8) is 0 Å². The number of carbonyl (C=O) groups is 1. The summed E-state index contributed by atoms with van der Waals surface area (Å²) in [7, 11) is 0. The molecule has 1 saturated carbocycles. The predicted octanol–water partition coefficient (Wildman–Crippen LogP) is 2.80. The molecule has 0 radical (unpaired) electrons. The molecular weight excluding hydrogens is 335 g/mol. The topological polar surface area (TPSA) is 90.9 Å². The summed E-state index contributed by atoms with van der Waals surface area (Å²) in [6.07, 6.45) is 4.01. The number of benzene rings is 1. The van der Waals surface area contributed by atoms with Crippen LogP contribution in [0, 0.1) is 5.95 Å². The third kappa shape index (κ3) is 3.17. The van der Waals surface area contributed by atoms with Crippen molar-refractivity contribution < 1.29 is 14.3 Å². The number of nitrogens with zero attached hydrogens (tertiary/aromatic N) is 2. The highest BCUT2D eigenvalue weighted by molar-refractivity contribution is 6.05. The summed E-state index contributed by atoms with van der Waals surface area (Å²) >= 11 is 0. The molecule has 3 aromatic rings. The van der Waals surface area contributed by atoms with Gasteiger partial charge in [0.1, 0.15) is 0 Å². The van der Waals surface area contributed by atoms with Crippen molar-refractivity contribution in [1.82, 2.24) is 20.5 Å². The van der Waals surface area contributed by atoms with Crippen LogP contribution >= 0.6 is 0 Å². The third-order valence-electron chi connectivity index (χ3n) is 4.88. The monoisotopic (exact) mass is 354 g/mol. The number of H-pyrrole nitrogens is 1. The Bertz CT molecular complexity index is 948. The van der Waals surface area contributed by atoms with E-state index in [9.17, 15) is 14.3 Å². The van der Waals surface area contributed by atoms with Gasteiger partial charge in [0, 0.05) is 23.2 Å². The normalized spacial score (nSPS) is 20.2. The van der Waals surface area contributed by atoms with E-state index in [0.717, 1.165) is 12.8 Å². The van der Waals surface area contributed by atoms with Gasteiger partial charge >= 0.3 is 0 Å². The Balaban J connectivity index is 1.62. The minimum atomic E-state index is -0.554. The standard InChI is InChI=1S/C19H19FN4O2/c20-18-14(2-1-9-21-18)11-3-8-16-15(10-11)17(24-23-16)19(26)22-12-4-6-13(25)7-5-12/h1-3,8-10,12-13,25H,4-7H2,(H,22,26)(H,23,24)/t12-,13-. The molecule has 4 rings (SSSR count). The van der Waals surface area contributed by atoms with Gasteiger partial charge < -0.3 is 10.4 Å². The zero-order valence-corrected chi connectivity index (χ0v) is 14.1. The van der Waals surface area contributed by atoms with Crippen LogP contribution in [0.3, 0.4) is 0 Å². The molecule has 7 heteroatoms. The van der Waals surface area contributed by atoms with E-state index in [-0.39, 0.29) is 23.7 Å². The van der Waals surface area contributed by atoms with Gasteiger partial charge in [0.05, 0.1) is 11.6 Å². The van der Waals surface area contributed by atoms with E-state index < -0.39 is 5.95 Å². The van der Waals surface area contributed by atoms with E-state index in [2.05, 4.69) is 20.5 Å². The molecule has 1 fully saturated rings. The smallest absolute Gasteiger partial charge is 0.272 e. The number of hydrogen-bond acceptors (Lipinski definition) is 4. The number of aromatic nitrogens is 3. The molecule has 2 heterocycles. The fourth-order valence-electron chi connectivity index (χ4n) is 3.43. The molecule has 2 aromatic heterocycles. The fourth-order valence-corrected chi connectivity index (χ4v) is 3.43. The van der Waals surface area contributed by atoms with Crippen LogP contribution in [-0.4, -0.2) is 38.3 Å². The molecule has 0 aliphatic heterocycles. The summed E-state index contributed by atoms with van der Waals surface area (Å²) in [5.74, 6) is -0.816. The molecular formula is C19H19FN4O2. The van der Waals surface area contributed by atoms with Crippen molar-refractivity contribution in [2.45, 2.75) is 37.8 Å². The Morgan fingerprint density at radius 3 is 2.81 bits per heavy atom. The molecule has 0 saturated heterocycles. The van der Waals surface area contributed by atoms with Crippen LogP contribution in [-0.2, 0) is 0 Å². The van der Waals surface area contributed by atoms with E-state index in [1.807, 2.05) is 0 Å². The first-order chi connectivity index (χ1) is 12.6. The molecule has 1 amide bonds. The first-order valence-corrected chi connectivity index (χ1v) is 8.70. The Morgan fingerprint density at radius 1 is 1.23 bits per heavy atom. The van der Waals surface area contributed by atoms with Crippen molar-refractivity contribution in [1.29, 1.82) is 0 Å². The van der Waals surface area contributed by atoms with Gasteiger partial charge in [-0.3, -0.25) is 9.89 Å². The molecule has 0 spiro atoms. The number of fused-ring (bicyclic) bond motifs is 1. The van der Waals surface area contributed by atoms with E-state index in [0.29, 0.717) is 34.9 Å². The summed E-state index contributed by atoms with van der Waals surface area (Å²) in [4.78, 5) is 16.3. The molecule has 134 valence electrons. The minimum Gasteiger partial charge on any atom is -0.393 e. The molecule has 1 aliphatic carbocycles. The van der Waals surface area contributed by atoms with Gasteiger partial charge in [-0.1, -0.05) is 6.07 Å². The number of pyridine rings is 1. The maximum Gasteiger partial charge on any atom is 0.272 e. The van der Waals surface area contributed by atoms with Crippen LogP contribution in [0.2, 0.25) is 0 Å². The van der Waals surface area contributed by atoms with Crippen molar-refractivity contribution >= 4 is 16.8 Å². The molecule has 26 heavy (non-hydrogen) atoms. The number of nitrogens with one attached hydrogen (secondary N) is 2. The highest BCUT2D eigenvalue weighted by atomic mass is 19.1. The van der Waals surface area contributed by atoms with Crippen LogP contribution in [0.15, 0.2) is 36.5 Å². The highest BCUT2D eigenvalue weighted by Gasteiger charge is 2.23. The number of amides is 1. The van der Waals surface area contributed by atoms with Crippen molar-refractivity contribution in [3.8, 4) is 11.1 Å². The van der Waals surface area contributed by atoms with Gasteiger partial charge in [0.15, 0.2) is 5.69 Å². The van der Waals surface area contributed by atoms with E-state index >= 15 is 0 Å². The van der Waals surface area contributed by atoms with Crippen LogP contribution in [0.5, 0.6) is 0 Å². The zero-order chi connectivity index (χ0) is 18.1. The van der Waals surface area contributed by atoms with Crippen LogP contribution in [0.4, 0.5) is 4.39 Å². The summed E-state index contributed by atoms with van der Waals surface area (Å²) in [6, 6.07) is 8.65. The lowest BCUT2D eigenvalue weighted by molar-refractivity contribution is 0.0864. The maximum absolute atomic E-state index is 14.0. The highest BCUT2D eigenvalue weighted by Crippen LogP contribution is 2.27. The van der Waals surface area contributed by atoms with Crippen molar-refractivity contribution in [3.05, 3.63) is 48.2 Å². The summed E-state index contributed by atoms with van der Waals surface area (Å²) in [5, 5.41) is 20.2. The first-order valence-electron chi connectivity index (χ1n) is 8.70. The van der Waals surface area contributed by atoms with E-state index in [4.69, 9.17) is 0 Å². The summed E-state index contributed by atoms with van der Waals surface area (Å²) in [5.41, 5.74) is 2.02.